The zero-order chi connectivity index (χ0) is 20.9. The molecule has 156 valence electrons. The third-order valence-electron chi connectivity index (χ3n) is 4.23. The Kier molecular flexibility index (Phi) is 7.84. The van der Waals surface area contributed by atoms with Crippen LogP contribution in [-0.2, 0) is 25.3 Å². The van der Waals surface area contributed by atoms with Gasteiger partial charge in [0.25, 0.3) is 0 Å². The summed E-state index contributed by atoms with van der Waals surface area (Å²) >= 11 is 13.4. The Hall–Kier alpha value is -1.29. The molecule has 29 heavy (non-hydrogen) atoms. The monoisotopic (exact) mass is 474 g/mol. The Balaban J connectivity index is 1.56. The van der Waals surface area contributed by atoms with Crippen molar-refractivity contribution in [1.29, 1.82) is 0 Å². The SMILES string of the molecule is O=C(CSCc1cccc(S(=O)(=O)N2CCOCC2)c1)Nc1cccc(Cl)c1Cl. The van der Waals surface area contributed by atoms with Gasteiger partial charge in [-0.1, -0.05) is 41.4 Å². The molecule has 10 heteroatoms. The molecule has 0 unspecified atom stereocenters. The number of hydrogen-bond donors (Lipinski definition) is 1. The highest BCUT2D eigenvalue weighted by Gasteiger charge is 2.26. The van der Waals surface area contributed by atoms with Crippen molar-refractivity contribution >= 4 is 56.6 Å². The number of carbonyl (C=O) groups is 1. The topological polar surface area (TPSA) is 75.7 Å². The van der Waals surface area contributed by atoms with Gasteiger partial charge in [-0.3, -0.25) is 4.79 Å². The number of sulfonamides is 1. The quantitative estimate of drug-likeness (QED) is 0.658. The Morgan fingerprint density at radius 2 is 1.86 bits per heavy atom. The van der Waals surface area contributed by atoms with Crippen LogP contribution < -0.4 is 5.32 Å². The molecule has 1 amide bonds. The van der Waals surface area contributed by atoms with Crippen LogP contribution in [0.2, 0.25) is 10.0 Å². The van der Waals surface area contributed by atoms with E-state index in [0.717, 1.165) is 5.56 Å². The summed E-state index contributed by atoms with van der Waals surface area (Å²) in [6.07, 6.45) is 0. The maximum Gasteiger partial charge on any atom is 0.243 e. The van der Waals surface area contributed by atoms with Crippen molar-refractivity contribution in [3.05, 3.63) is 58.1 Å². The van der Waals surface area contributed by atoms with Gasteiger partial charge in [0, 0.05) is 18.8 Å². The fourth-order valence-corrected chi connectivity index (χ4v) is 5.38. The van der Waals surface area contributed by atoms with E-state index >= 15 is 0 Å². The number of hydrogen-bond acceptors (Lipinski definition) is 5. The minimum atomic E-state index is -3.54. The van der Waals surface area contributed by atoms with E-state index in [2.05, 4.69) is 5.32 Å². The Bertz CT molecular complexity index is 980. The molecule has 1 aliphatic heterocycles. The van der Waals surface area contributed by atoms with Crippen LogP contribution in [0.25, 0.3) is 0 Å². The number of nitrogens with one attached hydrogen (secondary N) is 1. The molecule has 1 N–H and O–H groups in total. The van der Waals surface area contributed by atoms with E-state index in [0.29, 0.717) is 47.8 Å². The van der Waals surface area contributed by atoms with Crippen molar-refractivity contribution in [2.75, 3.05) is 37.4 Å². The Labute approximate surface area is 184 Å². The molecule has 1 saturated heterocycles. The summed E-state index contributed by atoms with van der Waals surface area (Å²) in [5.74, 6) is 0.489. The van der Waals surface area contributed by atoms with Gasteiger partial charge in [0.15, 0.2) is 0 Å². The maximum atomic E-state index is 12.8. The predicted molar refractivity (Wildman–Crippen MR) is 117 cm³/mol. The van der Waals surface area contributed by atoms with Crippen molar-refractivity contribution in [3.8, 4) is 0 Å². The normalized spacial score (nSPS) is 15.2. The second kappa shape index (κ2) is 10.1. The number of morpholine rings is 1. The third kappa shape index (κ3) is 5.87. The molecule has 0 radical (unpaired) electrons. The zero-order valence-corrected chi connectivity index (χ0v) is 18.6. The number of ether oxygens (including phenoxy) is 1. The maximum absolute atomic E-state index is 12.8. The van der Waals surface area contributed by atoms with Gasteiger partial charge in [0.2, 0.25) is 15.9 Å². The average Bonchev–Trinajstić information content (AvgIpc) is 2.72. The summed E-state index contributed by atoms with van der Waals surface area (Å²) in [6.45, 7) is 1.52. The highest BCUT2D eigenvalue weighted by Crippen LogP contribution is 2.29. The van der Waals surface area contributed by atoms with E-state index in [1.165, 1.54) is 16.1 Å². The molecule has 1 fully saturated rings. The van der Waals surface area contributed by atoms with E-state index in [9.17, 15) is 13.2 Å². The first kappa shape index (κ1) is 22.4. The lowest BCUT2D eigenvalue weighted by Gasteiger charge is -2.26. The van der Waals surface area contributed by atoms with E-state index in [4.69, 9.17) is 27.9 Å². The highest BCUT2D eigenvalue weighted by atomic mass is 35.5. The first-order chi connectivity index (χ1) is 13.9. The van der Waals surface area contributed by atoms with Gasteiger partial charge in [-0.05, 0) is 29.8 Å². The number of benzene rings is 2. The lowest BCUT2D eigenvalue weighted by Crippen LogP contribution is -2.40. The minimum Gasteiger partial charge on any atom is -0.379 e. The van der Waals surface area contributed by atoms with Crippen molar-refractivity contribution in [2.45, 2.75) is 10.6 Å². The van der Waals surface area contributed by atoms with Crippen LogP contribution in [-0.4, -0.2) is 50.7 Å². The lowest BCUT2D eigenvalue weighted by atomic mass is 10.2. The fourth-order valence-electron chi connectivity index (χ4n) is 2.78. The number of thioether (sulfide) groups is 1. The molecule has 1 aliphatic rings. The zero-order valence-electron chi connectivity index (χ0n) is 15.4. The average molecular weight is 475 g/mol. The van der Waals surface area contributed by atoms with Crippen molar-refractivity contribution in [3.63, 3.8) is 0 Å². The van der Waals surface area contributed by atoms with Gasteiger partial charge in [-0.25, -0.2) is 8.42 Å². The number of anilines is 1. The Morgan fingerprint density at radius 3 is 2.62 bits per heavy atom. The Morgan fingerprint density at radius 1 is 1.14 bits per heavy atom. The van der Waals surface area contributed by atoms with Gasteiger partial charge in [-0.15, -0.1) is 11.8 Å². The molecule has 0 atom stereocenters. The van der Waals surface area contributed by atoms with Crippen molar-refractivity contribution in [1.82, 2.24) is 4.31 Å². The third-order valence-corrected chi connectivity index (χ3v) is 7.95. The number of halogens is 2. The largest absolute Gasteiger partial charge is 0.379 e. The smallest absolute Gasteiger partial charge is 0.243 e. The lowest BCUT2D eigenvalue weighted by molar-refractivity contribution is -0.113. The highest BCUT2D eigenvalue weighted by molar-refractivity contribution is 7.99. The molecule has 1 heterocycles. The molecule has 0 aromatic heterocycles. The predicted octanol–water partition coefficient (Wildman–Crippen LogP) is 3.89. The first-order valence-electron chi connectivity index (χ1n) is 8.86. The number of amides is 1. The van der Waals surface area contributed by atoms with E-state index in [-0.39, 0.29) is 16.6 Å². The van der Waals surface area contributed by atoms with Crippen molar-refractivity contribution < 1.29 is 17.9 Å². The standard InChI is InChI=1S/C19H20Cl2N2O4S2/c20-16-5-2-6-17(19(16)21)22-18(24)13-28-12-14-3-1-4-15(11-14)29(25,26)23-7-9-27-10-8-23/h1-6,11H,7-10,12-13H2,(H,22,24). The van der Waals surface area contributed by atoms with Gasteiger partial charge in [-0.2, -0.15) is 4.31 Å². The summed E-state index contributed by atoms with van der Waals surface area (Å²) < 4.78 is 32.2. The molecular formula is C19H20Cl2N2O4S2. The molecule has 0 aliphatic carbocycles. The van der Waals surface area contributed by atoms with Gasteiger partial charge < -0.3 is 10.1 Å². The summed E-state index contributed by atoms with van der Waals surface area (Å²) in [5.41, 5.74) is 1.29. The van der Waals surface area contributed by atoms with Crippen LogP contribution in [0.15, 0.2) is 47.4 Å². The number of nitrogens with zero attached hydrogens (tertiary/aromatic N) is 1. The number of carbonyl (C=O) groups excluding carboxylic acids is 1. The van der Waals surface area contributed by atoms with E-state index < -0.39 is 10.0 Å². The van der Waals surface area contributed by atoms with Gasteiger partial charge in [0.1, 0.15) is 0 Å². The van der Waals surface area contributed by atoms with Crippen LogP contribution in [0.4, 0.5) is 5.69 Å². The van der Waals surface area contributed by atoms with Crippen LogP contribution in [0.3, 0.4) is 0 Å². The molecule has 0 saturated carbocycles. The summed E-state index contributed by atoms with van der Waals surface area (Å²) in [5, 5.41) is 3.40. The van der Waals surface area contributed by atoms with Crippen LogP contribution in [0.1, 0.15) is 5.56 Å². The second-order valence-electron chi connectivity index (χ2n) is 6.31. The molecule has 2 aromatic carbocycles. The molecule has 3 rings (SSSR count). The first-order valence-corrected chi connectivity index (χ1v) is 12.2. The summed E-state index contributed by atoms with van der Waals surface area (Å²) in [6, 6.07) is 11.8. The van der Waals surface area contributed by atoms with Crippen LogP contribution in [0.5, 0.6) is 0 Å². The molecule has 0 bridgehead atoms. The van der Waals surface area contributed by atoms with Gasteiger partial charge in [0.05, 0.1) is 39.6 Å². The van der Waals surface area contributed by atoms with Gasteiger partial charge >= 0.3 is 0 Å². The second-order valence-corrected chi connectivity index (χ2v) is 10.0. The minimum absolute atomic E-state index is 0.198. The molecule has 6 nitrogen and oxygen atoms in total. The fraction of sp³-hybridized carbons (Fsp3) is 0.316. The van der Waals surface area contributed by atoms with Crippen LogP contribution >= 0.6 is 35.0 Å². The summed E-state index contributed by atoms with van der Waals surface area (Å²) in [4.78, 5) is 12.4. The van der Waals surface area contributed by atoms with Crippen molar-refractivity contribution in [2.24, 2.45) is 0 Å². The molecular weight excluding hydrogens is 455 g/mol. The molecule has 2 aromatic rings. The van der Waals surface area contributed by atoms with Crippen LogP contribution in [0, 0.1) is 0 Å². The van der Waals surface area contributed by atoms with E-state index in [1.54, 1.807) is 36.4 Å². The molecule has 0 spiro atoms. The summed E-state index contributed by atoms with van der Waals surface area (Å²) in [7, 11) is -3.54. The van der Waals surface area contributed by atoms with E-state index in [1.807, 2.05) is 6.07 Å². The number of rotatable bonds is 7.